The molecule has 0 saturated carbocycles. The maximum absolute atomic E-state index is 14.5. The maximum Gasteiger partial charge on any atom is 0.410 e. The fourth-order valence-corrected chi connectivity index (χ4v) is 4.72. The van der Waals surface area contributed by atoms with E-state index < -0.39 is 23.4 Å². The Hall–Kier alpha value is -2.97. The topological polar surface area (TPSA) is 96.0 Å². The minimum Gasteiger partial charge on any atom is -0.444 e. The Kier molecular flexibility index (Phi) is 5.68. The van der Waals surface area contributed by atoms with Gasteiger partial charge in [-0.2, -0.15) is 0 Å². The van der Waals surface area contributed by atoms with Crippen molar-refractivity contribution in [1.82, 2.24) is 15.1 Å². The number of carbonyl (C=O) groups excluding carboxylic acids is 4. The first-order chi connectivity index (χ1) is 15.0. The van der Waals surface area contributed by atoms with E-state index in [-0.39, 0.29) is 48.8 Å². The molecule has 1 unspecified atom stereocenters. The second-order valence-electron chi connectivity index (χ2n) is 9.66. The van der Waals surface area contributed by atoms with Gasteiger partial charge < -0.3 is 14.5 Å². The Morgan fingerprint density at radius 3 is 2.44 bits per heavy atom. The zero-order valence-electron chi connectivity index (χ0n) is 18.6. The van der Waals surface area contributed by atoms with E-state index in [2.05, 4.69) is 5.32 Å². The summed E-state index contributed by atoms with van der Waals surface area (Å²) in [6, 6.07) is 1.95. The fraction of sp³-hybridized carbons (Fsp3) is 0.565. The molecule has 32 heavy (non-hydrogen) atoms. The standard InChI is InChI=1S/C23H28FN3O5/c1-23(2,3)32-22(31)26-8-6-13(7-9-26)15-10-14(24)11-16-17(15)12-27(21(16)30)18-4-5-19(28)25-20(18)29/h10-11,13,18H,4-9,12H2,1-3H3,(H,25,28,29). The lowest BCUT2D eigenvalue weighted by atomic mass is 9.85. The average Bonchev–Trinajstić information content (AvgIpc) is 3.03. The number of nitrogens with one attached hydrogen (secondary N) is 1. The molecule has 3 heterocycles. The van der Waals surface area contributed by atoms with Gasteiger partial charge in [0, 0.05) is 31.6 Å². The van der Waals surface area contributed by atoms with Gasteiger partial charge in [-0.05, 0) is 69.2 Å². The van der Waals surface area contributed by atoms with Gasteiger partial charge in [0.25, 0.3) is 5.91 Å². The van der Waals surface area contributed by atoms with Gasteiger partial charge in [-0.3, -0.25) is 19.7 Å². The summed E-state index contributed by atoms with van der Waals surface area (Å²) in [5.74, 6) is -1.73. The van der Waals surface area contributed by atoms with Crippen molar-refractivity contribution in [1.29, 1.82) is 0 Å². The van der Waals surface area contributed by atoms with Gasteiger partial charge in [0.1, 0.15) is 17.5 Å². The largest absolute Gasteiger partial charge is 0.444 e. The second kappa shape index (κ2) is 8.18. The second-order valence-corrected chi connectivity index (χ2v) is 9.66. The lowest BCUT2D eigenvalue weighted by Gasteiger charge is -2.34. The first kappa shape index (κ1) is 22.2. The van der Waals surface area contributed by atoms with Crippen LogP contribution in [-0.2, 0) is 20.9 Å². The molecule has 0 bridgehead atoms. The third-order valence-electron chi connectivity index (χ3n) is 6.24. The first-order valence-electron chi connectivity index (χ1n) is 11.0. The van der Waals surface area contributed by atoms with E-state index in [0.717, 1.165) is 11.1 Å². The predicted octanol–water partition coefficient (Wildman–Crippen LogP) is 2.70. The van der Waals surface area contributed by atoms with Crippen molar-refractivity contribution in [3.63, 3.8) is 0 Å². The lowest BCUT2D eigenvalue weighted by molar-refractivity contribution is -0.136. The maximum atomic E-state index is 14.5. The number of carbonyl (C=O) groups is 4. The molecular formula is C23H28FN3O5. The summed E-state index contributed by atoms with van der Waals surface area (Å²) in [5, 5.41) is 2.28. The van der Waals surface area contributed by atoms with Gasteiger partial charge >= 0.3 is 6.09 Å². The fourth-order valence-electron chi connectivity index (χ4n) is 4.72. The Morgan fingerprint density at radius 1 is 1.12 bits per heavy atom. The molecule has 9 heteroatoms. The molecule has 4 rings (SSSR count). The molecule has 1 atom stereocenters. The Labute approximate surface area is 186 Å². The number of benzene rings is 1. The summed E-state index contributed by atoms with van der Waals surface area (Å²) in [4.78, 5) is 52.2. The number of hydrogen-bond acceptors (Lipinski definition) is 5. The summed E-state index contributed by atoms with van der Waals surface area (Å²) in [6.45, 7) is 6.63. The number of rotatable bonds is 2. The monoisotopic (exact) mass is 445 g/mol. The number of hydrogen-bond donors (Lipinski definition) is 1. The molecule has 0 spiro atoms. The van der Waals surface area contributed by atoms with Crippen LogP contribution in [0.3, 0.4) is 0 Å². The van der Waals surface area contributed by atoms with E-state index in [4.69, 9.17) is 4.74 Å². The minimum atomic E-state index is -0.738. The van der Waals surface area contributed by atoms with Crippen LogP contribution in [0.4, 0.5) is 9.18 Å². The number of nitrogens with zero attached hydrogens (tertiary/aromatic N) is 2. The number of halogens is 1. The highest BCUT2D eigenvalue weighted by molar-refractivity contribution is 6.05. The van der Waals surface area contributed by atoms with Gasteiger partial charge in [0.05, 0.1) is 0 Å². The number of piperidine rings is 2. The molecule has 2 saturated heterocycles. The highest BCUT2D eigenvalue weighted by atomic mass is 19.1. The molecule has 1 N–H and O–H groups in total. The first-order valence-corrected chi connectivity index (χ1v) is 11.0. The van der Waals surface area contributed by atoms with Crippen LogP contribution in [0.5, 0.6) is 0 Å². The van der Waals surface area contributed by atoms with Crippen LogP contribution in [0, 0.1) is 5.82 Å². The molecule has 0 radical (unpaired) electrons. The summed E-state index contributed by atoms with van der Waals surface area (Å²) >= 11 is 0. The molecule has 3 aliphatic heterocycles. The van der Waals surface area contributed by atoms with Gasteiger partial charge in [-0.25, -0.2) is 9.18 Å². The van der Waals surface area contributed by atoms with Crippen molar-refractivity contribution in [2.75, 3.05) is 13.1 Å². The van der Waals surface area contributed by atoms with Gasteiger partial charge in [0.15, 0.2) is 0 Å². The summed E-state index contributed by atoms with van der Waals surface area (Å²) in [5.41, 5.74) is 1.19. The van der Waals surface area contributed by atoms with E-state index in [1.165, 1.54) is 17.0 Å². The molecule has 1 aromatic rings. The van der Waals surface area contributed by atoms with Crippen molar-refractivity contribution in [2.45, 2.75) is 70.6 Å². The van der Waals surface area contributed by atoms with Gasteiger partial charge in [-0.1, -0.05) is 0 Å². The van der Waals surface area contributed by atoms with E-state index >= 15 is 0 Å². The molecular weight excluding hydrogens is 417 g/mol. The smallest absolute Gasteiger partial charge is 0.410 e. The zero-order valence-corrected chi connectivity index (χ0v) is 18.6. The molecule has 172 valence electrons. The minimum absolute atomic E-state index is 0.00681. The van der Waals surface area contributed by atoms with E-state index in [9.17, 15) is 23.6 Å². The number of amides is 4. The molecule has 1 aromatic carbocycles. The molecule has 8 nitrogen and oxygen atoms in total. The SMILES string of the molecule is CC(C)(C)OC(=O)N1CCC(c2cc(F)cc3c2CN(C2CCC(=O)NC2=O)C3=O)CC1. The quantitative estimate of drug-likeness (QED) is 0.706. The van der Waals surface area contributed by atoms with E-state index in [1.54, 1.807) is 4.90 Å². The highest BCUT2D eigenvalue weighted by Crippen LogP contribution is 2.38. The average molecular weight is 445 g/mol. The highest BCUT2D eigenvalue weighted by Gasteiger charge is 2.41. The Morgan fingerprint density at radius 2 is 1.81 bits per heavy atom. The lowest BCUT2D eigenvalue weighted by Crippen LogP contribution is -2.52. The van der Waals surface area contributed by atoms with Crippen LogP contribution in [0.2, 0.25) is 0 Å². The molecule has 3 aliphatic rings. The zero-order chi connectivity index (χ0) is 23.2. The van der Waals surface area contributed by atoms with Crippen molar-refractivity contribution in [2.24, 2.45) is 0 Å². The van der Waals surface area contributed by atoms with Crippen molar-refractivity contribution in [3.05, 3.63) is 34.6 Å². The molecule has 0 aromatic heterocycles. The Balaban J connectivity index is 1.51. The van der Waals surface area contributed by atoms with Crippen LogP contribution in [0.15, 0.2) is 12.1 Å². The third kappa shape index (κ3) is 4.33. The summed E-state index contributed by atoms with van der Waals surface area (Å²) in [6.07, 6.45) is 1.32. The number of ether oxygens (including phenoxy) is 1. The van der Waals surface area contributed by atoms with Crippen LogP contribution < -0.4 is 5.32 Å². The Bertz CT molecular complexity index is 979. The summed E-state index contributed by atoms with van der Waals surface area (Å²) < 4.78 is 19.9. The predicted molar refractivity (Wildman–Crippen MR) is 112 cm³/mol. The van der Waals surface area contributed by atoms with Gasteiger partial charge in [0.2, 0.25) is 11.8 Å². The molecule has 4 amide bonds. The van der Waals surface area contributed by atoms with Crippen molar-refractivity contribution >= 4 is 23.8 Å². The van der Waals surface area contributed by atoms with Crippen molar-refractivity contribution in [3.8, 4) is 0 Å². The number of likely N-dealkylation sites (tertiary alicyclic amines) is 1. The summed E-state index contributed by atoms with van der Waals surface area (Å²) in [7, 11) is 0. The van der Waals surface area contributed by atoms with Crippen LogP contribution in [0.1, 0.15) is 73.9 Å². The number of fused-ring (bicyclic) bond motifs is 1. The normalized spacial score (nSPS) is 22.1. The molecule has 2 fully saturated rings. The van der Waals surface area contributed by atoms with Crippen LogP contribution >= 0.6 is 0 Å². The van der Waals surface area contributed by atoms with Gasteiger partial charge in [-0.15, -0.1) is 0 Å². The third-order valence-corrected chi connectivity index (χ3v) is 6.24. The number of imide groups is 1. The van der Waals surface area contributed by atoms with E-state index in [1.807, 2.05) is 20.8 Å². The van der Waals surface area contributed by atoms with Crippen LogP contribution in [0.25, 0.3) is 0 Å². The molecule has 0 aliphatic carbocycles. The van der Waals surface area contributed by atoms with Crippen molar-refractivity contribution < 1.29 is 28.3 Å². The van der Waals surface area contributed by atoms with Crippen LogP contribution in [-0.4, -0.2) is 58.3 Å². The van der Waals surface area contributed by atoms with E-state index in [0.29, 0.717) is 25.9 Å².